The number of hydrogen-bond donors (Lipinski definition) is 1. The molecule has 0 unspecified atom stereocenters. The maximum atomic E-state index is 12.0. The fraction of sp³-hybridized carbons (Fsp3) is 0.435. The Bertz CT molecular complexity index is 590. The molecule has 1 amide bonds. The molecule has 148 valence electrons. The minimum atomic E-state index is 0.0540. The van der Waals surface area contributed by atoms with Crippen LogP contribution in [0.2, 0.25) is 0 Å². The number of ether oxygens (including phenoxy) is 2. The van der Waals surface area contributed by atoms with Gasteiger partial charge in [-0.25, -0.2) is 0 Å². The third-order valence-electron chi connectivity index (χ3n) is 4.00. The second-order valence-electron chi connectivity index (χ2n) is 6.25. The number of rotatable bonds is 15. The van der Waals surface area contributed by atoms with Gasteiger partial charge in [-0.1, -0.05) is 50.6 Å². The summed E-state index contributed by atoms with van der Waals surface area (Å²) in [6.07, 6.45) is 11.1. The summed E-state index contributed by atoms with van der Waals surface area (Å²) >= 11 is 0. The van der Waals surface area contributed by atoms with Crippen molar-refractivity contribution in [1.82, 2.24) is 5.32 Å². The first-order valence-electron chi connectivity index (χ1n) is 9.76. The van der Waals surface area contributed by atoms with Crippen molar-refractivity contribution in [3.8, 4) is 5.75 Å². The van der Waals surface area contributed by atoms with Crippen LogP contribution in [0.4, 0.5) is 0 Å². The maximum absolute atomic E-state index is 12.0. The van der Waals surface area contributed by atoms with E-state index in [4.69, 9.17) is 9.47 Å². The smallest absolute Gasteiger partial charge is 0.224 e. The van der Waals surface area contributed by atoms with Crippen LogP contribution in [0.1, 0.15) is 44.6 Å². The summed E-state index contributed by atoms with van der Waals surface area (Å²) in [5, 5.41) is 2.99. The monoisotopic (exact) mass is 371 g/mol. The van der Waals surface area contributed by atoms with Crippen molar-refractivity contribution in [2.45, 2.75) is 45.4 Å². The lowest BCUT2D eigenvalue weighted by molar-refractivity contribution is -0.120. The molecule has 0 heterocycles. The van der Waals surface area contributed by atoms with Crippen LogP contribution in [0.3, 0.4) is 0 Å². The number of allylic oxidation sites excluding steroid dienone is 3. The fourth-order valence-corrected chi connectivity index (χ4v) is 2.55. The Morgan fingerprint density at radius 3 is 2.44 bits per heavy atom. The Morgan fingerprint density at radius 1 is 1.07 bits per heavy atom. The highest BCUT2D eigenvalue weighted by atomic mass is 16.5. The molecule has 0 aliphatic rings. The van der Waals surface area contributed by atoms with Gasteiger partial charge in [0.05, 0.1) is 6.42 Å². The summed E-state index contributed by atoms with van der Waals surface area (Å²) in [4.78, 5) is 12.0. The van der Waals surface area contributed by atoms with Gasteiger partial charge in [-0.05, 0) is 49.6 Å². The van der Waals surface area contributed by atoms with Gasteiger partial charge in [-0.3, -0.25) is 4.79 Å². The predicted octanol–water partition coefficient (Wildman–Crippen LogP) is 4.97. The Hall–Kier alpha value is -2.33. The third kappa shape index (κ3) is 11.1. The van der Waals surface area contributed by atoms with Crippen molar-refractivity contribution in [3.63, 3.8) is 0 Å². The Balaban J connectivity index is 2.20. The van der Waals surface area contributed by atoms with Crippen LogP contribution in [-0.4, -0.2) is 25.7 Å². The number of carbonyl (C=O) groups excluding carboxylic acids is 1. The second-order valence-corrected chi connectivity index (χ2v) is 6.25. The molecule has 0 saturated heterocycles. The zero-order chi connectivity index (χ0) is 19.7. The van der Waals surface area contributed by atoms with Gasteiger partial charge in [0.2, 0.25) is 5.91 Å². The van der Waals surface area contributed by atoms with Gasteiger partial charge in [0.15, 0.2) is 0 Å². The van der Waals surface area contributed by atoms with Crippen molar-refractivity contribution < 1.29 is 14.3 Å². The van der Waals surface area contributed by atoms with Gasteiger partial charge in [0, 0.05) is 19.8 Å². The molecule has 0 aliphatic carbocycles. The minimum absolute atomic E-state index is 0.0540. The molecule has 1 aromatic carbocycles. The summed E-state index contributed by atoms with van der Waals surface area (Å²) in [5.74, 6) is 1.39. The number of unbranched alkanes of at least 4 members (excludes halogenated alkanes) is 4. The topological polar surface area (TPSA) is 47.6 Å². The molecule has 0 fully saturated rings. The van der Waals surface area contributed by atoms with E-state index >= 15 is 0 Å². The molecule has 4 nitrogen and oxygen atoms in total. The van der Waals surface area contributed by atoms with Crippen LogP contribution in [0.15, 0.2) is 61.4 Å². The highest BCUT2D eigenvalue weighted by Gasteiger charge is 2.04. The second kappa shape index (κ2) is 14.8. The first kappa shape index (κ1) is 22.7. The van der Waals surface area contributed by atoms with Crippen molar-refractivity contribution in [2.75, 3.05) is 19.8 Å². The van der Waals surface area contributed by atoms with E-state index in [-0.39, 0.29) is 5.91 Å². The van der Waals surface area contributed by atoms with Gasteiger partial charge in [0.25, 0.3) is 0 Å². The van der Waals surface area contributed by atoms with Crippen LogP contribution in [-0.2, 0) is 16.0 Å². The molecule has 0 spiro atoms. The number of benzene rings is 1. The minimum Gasteiger partial charge on any atom is -0.457 e. The van der Waals surface area contributed by atoms with Crippen molar-refractivity contribution >= 4 is 5.91 Å². The fourth-order valence-electron chi connectivity index (χ4n) is 2.55. The number of hydrogen-bond acceptors (Lipinski definition) is 3. The Morgan fingerprint density at radius 2 is 1.78 bits per heavy atom. The van der Waals surface area contributed by atoms with Gasteiger partial charge in [-0.15, -0.1) is 0 Å². The molecule has 0 aromatic heterocycles. The lowest BCUT2D eigenvalue weighted by atomic mass is 10.1. The van der Waals surface area contributed by atoms with E-state index in [1.807, 2.05) is 31.2 Å². The standard InChI is InChI=1S/C23H33NO3/c1-4-12-21(5-2)27-22-15-13-20(14-16-22)19-23(25)24-17-10-8-7-9-11-18-26-6-3/h4-5,12-16H,1-2,6-11,17-19H2,3H3,(H,24,25)/b21-12+. The van der Waals surface area contributed by atoms with E-state index in [2.05, 4.69) is 18.5 Å². The summed E-state index contributed by atoms with van der Waals surface area (Å²) in [6, 6.07) is 7.51. The zero-order valence-electron chi connectivity index (χ0n) is 16.5. The largest absolute Gasteiger partial charge is 0.457 e. The highest BCUT2D eigenvalue weighted by Crippen LogP contribution is 2.16. The summed E-state index contributed by atoms with van der Waals surface area (Å²) in [5.41, 5.74) is 0.962. The molecule has 1 N–H and O–H groups in total. The molecule has 0 radical (unpaired) electrons. The number of carbonyl (C=O) groups is 1. The maximum Gasteiger partial charge on any atom is 0.224 e. The number of amides is 1. The van der Waals surface area contributed by atoms with Gasteiger partial charge in [0.1, 0.15) is 11.5 Å². The Kier molecular flexibility index (Phi) is 12.4. The zero-order valence-corrected chi connectivity index (χ0v) is 16.5. The van der Waals surface area contributed by atoms with E-state index in [1.165, 1.54) is 12.8 Å². The van der Waals surface area contributed by atoms with E-state index in [0.29, 0.717) is 17.9 Å². The van der Waals surface area contributed by atoms with Crippen LogP contribution < -0.4 is 10.1 Å². The van der Waals surface area contributed by atoms with Crippen molar-refractivity contribution in [3.05, 3.63) is 67.0 Å². The van der Waals surface area contributed by atoms with E-state index in [0.717, 1.165) is 44.6 Å². The average molecular weight is 372 g/mol. The van der Waals surface area contributed by atoms with Crippen LogP contribution in [0.25, 0.3) is 0 Å². The van der Waals surface area contributed by atoms with Crippen LogP contribution in [0.5, 0.6) is 5.75 Å². The normalized spacial score (nSPS) is 11.1. The molecular formula is C23H33NO3. The lowest BCUT2D eigenvalue weighted by Crippen LogP contribution is -2.26. The van der Waals surface area contributed by atoms with Crippen molar-refractivity contribution in [2.24, 2.45) is 0 Å². The van der Waals surface area contributed by atoms with Gasteiger partial charge >= 0.3 is 0 Å². The SMILES string of the molecule is C=C/C=C(\C=C)Oc1ccc(CC(=O)NCCCCCCCOCC)cc1. The molecular weight excluding hydrogens is 338 g/mol. The first-order valence-corrected chi connectivity index (χ1v) is 9.76. The predicted molar refractivity (Wildman–Crippen MR) is 112 cm³/mol. The average Bonchev–Trinajstić information content (AvgIpc) is 2.67. The molecule has 0 saturated carbocycles. The van der Waals surface area contributed by atoms with Crippen LogP contribution in [0, 0.1) is 0 Å². The van der Waals surface area contributed by atoms with E-state index < -0.39 is 0 Å². The Labute approximate surface area is 164 Å². The van der Waals surface area contributed by atoms with Gasteiger partial charge < -0.3 is 14.8 Å². The molecule has 1 aromatic rings. The molecule has 0 bridgehead atoms. The van der Waals surface area contributed by atoms with Crippen molar-refractivity contribution in [1.29, 1.82) is 0 Å². The third-order valence-corrected chi connectivity index (χ3v) is 4.00. The molecule has 1 rings (SSSR count). The summed E-state index contributed by atoms with van der Waals surface area (Å²) in [7, 11) is 0. The molecule has 27 heavy (non-hydrogen) atoms. The van der Waals surface area contributed by atoms with Crippen LogP contribution >= 0.6 is 0 Å². The first-order chi connectivity index (χ1) is 13.2. The van der Waals surface area contributed by atoms with E-state index in [1.54, 1.807) is 18.2 Å². The summed E-state index contributed by atoms with van der Waals surface area (Å²) in [6.45, 7) is 11.7. The lowest BCUT2D eigenvalue weighted by Gasteiger charge is -2.08. The van der Waals surface area contributed by atoms with E-state index in [9.17, 15) is 4.79 Å². The quantitative estimate of drug-likeness (QED) is 0.269. The number of nitrogens with one attached hydrogen (secondary N) is 1. The molecule has 4 heteroatoms. The highest BCUT2D eigenvalue weighted by molar-refractivity contribution is 5.78. The molecule has 0 aliphatic heterocycles. The summed E-state index contributed by atoms with van der Waals surface area (Å²) < 4.78 is 11.0. The molecule has 0 atom stereocenters. The van der Waals surface area contributed by atoms with Gasteiger partial charge in [-0.2, -0.15) is 0 Å².